The Morgan fingerprint density at radius 3 is 2.73 bits per heavy atom. The molecule has 1 amide bonds. The molecule has 1 aromatic carbocycles. The number of nitro groups is 1. The first-order chi connectivity index (χ1) is 18.9. The van der Waals surface area contributed by atoms with E-state index in [0.29, 0.717) is 44.0 Å². The highest BCUT2D eigenvalue weighted by atomic mass is 79.9. The first kappa shape index (κ1) is 28.9. The van der Waals surface area contributed by atoms with E-state index in [2.05, 4.69) is 41.2 Å². The van der Waals surface area contributed by atoms with Crippen molar-refractivity contribution in [2.75, 3.05) is 32.5 Å². The first-order valence-electron chi connectivity index (χ1n) is 12.0. The van der Waals surface area contributed by atoms with E-state index in [4.69, 9.17) is 17.3 Å². The summed E-state index contributed by atoms with van der Waals surface area (Å²) < 4.78 is 1.04. The number of quaternary nitrogens is 1. The average molecular weight is 629 g/mol. The Bertz CT molecular complexity index is 1620. The lowest BCUT2D eigenvalue weighted by atomic mass is 10.1. The van der Waals surface area contributed by atoms with Crippen LogP contribution in [0.15, 0.2) is 69.8 Å². The Morgan fingerprint density at radius 2 is 2.02 bits per heavy atom. The van der Waals surface area contributed by atoms with E-state index in [-0.39, 0.29) is 36.7 Å². The van der Waals surface area contributed by atoms with Crippen LogP contribution in [0.25, 0.3) is 10.9 Å². The van der Waals surface area contributed by atoms with E-state index >= 15 is 0 Å². The Balaban J connectivity index is 1.41. The molecule has 0 atom stereocenters. The van der Waals surface area contributed by atoms with Crippen LogP contribution >= 0.6 is 27.5 Å². The first-order valence-corrected chi connectivity index (χ1v) is 13.2. The van der Waals surface area contributed by atoms with Gasteiger partial charge in [-0.25, -0.2) is 9.97 Å². The second-order valence-corrected chi connectivity index (χ2v) is 11.0. The van der Waals surface area contributed by atoms with Crippen LogP contribution in [0.2, 0.25) is 5.02 Å². The number of allylic oxidation sites excluding steroid dienone is 1. The van der Waals surface area contributed by atoms with Crippen LogP contribution in [0.5, 0.6) is 0 Å². The van der Waals surface area contributed by atoms with E-state index in [1.165, 1.54) is 12.4 Å². The lowest BCUT2D eigenvalue weighted by Gasteiger charge is -2.28. The number of amides is 1. The smallest absolute Gasteiger partial charge is 0.363 e. The third kappa shape index (κ3) is 7.11. The van der Waals surface area contributed by atoms with E-state index in [1.807, 2.05) is 26.2 Å². The zero-order valence-electron chi connectivity index (χ0n) is 21.6. The van der Waals surface area contributed by atoms with Crippen molar-refractivity contribution in [3.63, 3.8) is 0 Å². The molecule has 4 rings (SSSR count). The van der Waals surface area contributed by atoms with Crippen LogP contribution in [0.3, 0.4) is 0 Å². The van der Waals surface area contributed by atoms with Crippen molar-refractivity contribution in [3.05, 3.63) is 85.6 Å². The van der Waals surface area contributed by atoms with Crippen molar-refractivity contribution < 1.29 is 19.0 Å². The standard InChI is InChI=1S/C26H24BrClN8O4/c1-36(2,13-15-8-22(24(29)38)34-26(15)35(39)40)7-3-4-18(37)9-17-10-19-23(12-30-17)31-14-32-25(19)33-16-5-6-21(28)20(27)11-16/h3-6,10-12,14H,7-9,13H2,1-2H3,(H2-,29,31,32,33,38)/p+1/b4-3+. The quantitative estimate of drug-likeness (QED) is 0.140. The maximum absolute atomic E-state index is 12.7. The number of carbonyl (C=O) groups excluding carboxylic acids is 2. The van der Waals surface area contributed by atoms with E-state index in [1.54, 1.807) is 24.4 Å². The van der Waals surface area contributed by atoms with Crippen LogP contribution < -0.4 is 11.1 Å². The number of likely N-dealkylation sites (N-methyl/N-ethyl adjacent to an activating group) is 1. The molecule has 1 aliphatic heterocycles. The van der Waals surface area contributed by atoms with E-state index in [0.717, 1.165) is 10.2 Å². The number of pyridine rings is 1. The summed E-state index contributed by atoms with van der Waals surface area (Å²) in [6.07, 6.45) is 6.32. The fourth-order valence-electron chi connectivity index (χ4n) is 4.16. The number of hydrogen-bond donors (Lipinski definition) is 2. The molecule has 206 valence electrons. The topological polar surface area (TPSA) is 166 Å². The molecular weight excluding hydrogens is 604 g/mol. The Hall–Kier alpha value is -4.07. The molecule has 12 nitrogen and oxygen atoms in total. The molecule has 0 bridgehead atoms. The SMILES string of the molecule is C[N+](C)(C/C=C/C(=O)Cc1cc2c(Nc3ccc(Cl)c(Br)c3)ncnc2cn1)CC1=C([N+](=O)[O-])N=C(C(N)=O)C1. The summed E-state index contributed by atoms with van der Waals surface area (Å²) in [4.78, 5) is 51.7. The summed E-state index contributed by atoms with van der Waals surface area (Å²) in [6, 6.07) is 7.18. The third-order valence-electron chi connectivity index (χ3n) is 6.03. The average Bonchev–Trinajstić information content (AvgIpc) is 3.30. The zero-order chi connectivity index (χ0) is 29.0. The second-order valence-electron chi connectivity index (χ2n) is 9.77. The molecule has 1 aliphatic rings. The summed E-state index contributed by atoms with van der Waals surface area (Å²) >= 11 is 9.49. The zero-order valence-corrected chi connectivity index (χ0v) is 23.9. The number of fused-ring (bicyclic) bond motifs is 1. The van der Waals surface area contributed by atoms with Crippen LogP contribution in [-0.4, -0.2) is 68.9 Å². The minimum Gasteiger partial charge on any atom is -0.363 e. The lowest BCUT2D eigenvalue weighted by Crippen LogP contribution is -2.41. The van der Waals surface area contributed by atoms with Crippen LogP contribution in [0, 0.1) is 10.1 Å². The number of anilines is 2. The van der Waals surface area contributed by atoms with Crippen molar-refractivity contribution in [1.29, 1.82) is 0 Å². The molecule has 0 aliphatic carbocycles. The van der Waals surface area contributed by atoms with Gasteiger partial charge >= 0.3 is 5.82 Å². The normalized spacial score (nSPS) is 13.7. The summed E-state index contributed by atoms with van der Waals surface area (Å²) in [6.45, 7) is 0.678. The third-order valence-corrected chi connectivity index (χ3v) is 7.25. The predicted molar refractivity (Wildman–Crippen MR) is 155 cm³/mol. The molecule has 0 saturated carbocycles. The minimum absolute atomic E-state index is 0.0277. The van der Waals surface area contributed by atoms with Gasteiger partial charge in [0.25, 0.3) is 5.91 Å². The molecule has 3 N–H and O–H groups in total. The maximum Gasteiger partial charge on any atom is 0.369 e. The lowest BCUT2D eigenvalue weighted by molar-refractivity contribution is -0.880. The predicted octanol–water partition coefficient (Wildman–Crippen LogP) is 3.75. The van der Waals surface area contributed by atoms with E-state index in [9.17, 15) is 19.7 Å². The molecule has 40 heavy (non-hydrogen) atoms. The number of rotatable bonds is 11. The van der Waals surface area contributed by atoms with Crippen molar-refractivity contribution in [2.45, 2.75) is 12.8 Å². The van der Waals surface area contributed by atoms with Gasteiger partial charge in [-0.05, 0) is 62.3 Å². The summed E-state index contributed by atoms with van der Waals surface area (Å²) in [5.74, 6) is -0.724. The van der Waals surface area contributed by atoms with Crippen molar-refractivity contribution >= 4 is 67.3 Å². The number of aromatic nitrogens is 3. The number of carbonyl (C=O) groups is 2. The van der Waals surface area contributed by atoms with Gasteiger partial charge in [0.15, 0.2) is 5.78 Å². The molecule has 0 spiro atoms. The van der Waals surface area contributed by atoms with Crippen LogP contribution in [0.4, 0.5) is 11.5 Å². The van der Waals surface area contributed by atoms with Gasteiger partial charge in [-0.1, -0.05) is 11.6 Å². The largest absolute Gasteiger partial charge is 0.369 e. The number of nitrogens with one attached hydrogen (secondary N) is 1. The van der Waals surface area contributed by atoms with Gasteiger partial charge in [-0.2, -0.15) is 0 Å². The van der Waals surface area contributed by atoms with Gasteiger partial charge in [-0.15, -0.1) is 0 Å². The highest BCUT2D eigenvalue weighted by Gasteiger charge is 2.35. The molecule has 3 heterocycles. The van der Waals surface area contributed by atoms with Gasteiger partial charge in [0.05, 0.1) is 55.8 Å². The number of nitrogens with two attached hydrogens (primary N) is 1. The molecule has 2 aromatic heterocycles. The van der Waals surface area contributed by atoms with Gasteiger partial charge in [0.1, 0.15) is 18.7 Å². The highest BCUT2D eigenvalue weighted by molar-refractivity contribution is 9.10. The number of ketones is 1. The van der Waals surface area contributed by atoms with Gasteiger partial charge in [0, 0.05) is 21.2 Å². The molecule has 0 fully saturated rings. The van der Waals surface area contributed by atoms with Gasteiger partial charge in [0.2, 0.25) is 5.71 Å². The Morgan fingerprint density at radius 1 is 1.25 bits per heavy atom. The van der Waals surface area contributed by atoms with Crippen molar-refractivity contribution in [2.24, 2.45) is 10.7 Å². The molecule has 3 aromatic rings. The summed E-state index contributed by atoms with van der Waals surface area (Å²) in [7, 11) is 3.72. The van der Waals surface area contributed by atoms with Crippen LogP contribution in [0.1, 0.15) is 12.1 Å². The second kappa shape index (κ2) is 12.0. The maximum atomic E-state index is 12.7. The number of hydrogen-bond acceptors (Lipinski definition) is 9. The number of benzene rings is 1. The van der Waals surface area contributed by atoms with Gasteiger partial charge < -0.3 is 25.6 Å². The summed E-state index contributed by atoms with van der Waals surface area (Å²) in [5.41, 5.74) is 7.58. The van der Waals surface area contributed by atoms with Crippen molar-refractivity contribution in [1.82, 2.24) is 15.0 Å². The number of nitrogens with zero attached hydrogens (tertiary/aromatic N) is 6. The van der Waals surface area contributed by atoms with Crippen molar-refractivity contribution in [3.8, 4) is 0 Å². The van der Waals surface area contributed by atoms with E-state index < -0.39 is 10.8 Å². The number of halogens is 2. The molecule has 0 unspecified atom stereocenters. The number of aliphatic imine (C=N–C) groups is 1. The minimum atomic E-state index is -0.778. The molecule has 0 radical (unpaired) electrons. The molecule has 0 saturated heterocycles. The molecular formula is C26H25BrClN8O4+. The van der Waals surface area contributed by atoms with Crippen LogP contribution in [-0.2, 0) is 16.0 Å². The molecule has 14 heteroatoms. The number of primary amides is 1. The Labute approximate surface area is 242 Å². The monoisotopic (exact) mass is 627 g/mol. The Kier molecular flexibility index (Phi) is 8.67. The fraction of sp³-hybridized carbons (Fsp3) is 0.231. The van der Waals surface area contributed by atoms with Gasteiger partial charge in [-0.3, -0.25) is 14.6 Å². The summed E-state index contributed by atoms with van der Waals surface area (Å²) in [5, 5.41) is 15.9. The highest BCUT2D eigenvalue weighted by Crippen LogP contribution is 2.29. The fourth-order valence-corrected chi connectivity index (χ4v) is 4.66.